The van der Waals surface area contributed by atoms with Crippen LogP contribution in [-0.2, 0) is 15.4 Å². The van der Waals surface area contributed by atoms with Crippen molar-refractivity contribution < 1.29 is 8.42 Å². The third kappa shape index (κ3) is 3.89. The highest BCUT2D eigenvalue weighted by Gasteiger charge is 2.31. The van der Waals surface area contributed by atoms with Crippen molar-refractivity contribution in [2.24, 2.45) is 0 Å². The number of fused-ring (bicyclic) bond motifs is 1. The van der Waals surface area contributed by atoms with Crippen molar-refractivity contribution in [1.29, 1.82) is 0 Å². The van der Waals surface area contributed by atoms with Crippen LogP contribution >= 0.6 is 0 Å². The summed E-state index contributed by atoms with van der Waals surface area (Å²) in [5, 5.41) is 0.838. The van der Waals surface area contributed by atoms with E-state index in [4.69, 9.17) is 4.98 Å². The van der Waals surface area contributed by atoms with Gasteiger partial charge in [-0.3, -0.25) is 4.98 Å². The van der Waals surface area contributed by atoms with E-state index in [0.29, 0.717) is 31.7 Å². The van der Waals surface area contributed by atoms with E-state index in [-0.39, 0.29) is 10.3 Å². The number of sulfonamides is 1. The number of aryl methyl sites for hydroxylation is 1. The van der Waals surface area contributed by atoms with Crippen molar-refractivity contribution in [1.82, 2.24) is 19.3 Å². The van der Waals surface area contributed by atoms with Gasteiger partial charge in [-0.1, -0.05) is 32.9 Å². The van der Waals surface area contributed by atoms with Gasteiger partial charge in [0.15, 0.2) is 0 Å². The fraction of sp³-hybridized carbons (Fsp3) is 0.409. The second-order valence-corrected chi connectivity index (χ2v) is 10.6. The van der Waals surface area contributed by atoms with Crippen molar-refractivity contribution in [3.05, 3.63) is 54.1 Å². The lowest BCUT2D eigenvalue weighted by atomic mass is 9.96. The van der Waals surface area contributed by atoms with E-state index in [0.717, 1.165) is 22.6 Å². The summed E-state index contributed by atoms with van der Waals surface area (Å²) in [6, 6.07) is 9.17. The van der Waals surface area contributed by atoms with Crippen molar-refractivity contribution in [2.75, 3.05) is 31.1 Å². The van der Waals surface area contributed by atoms with Crippen LogP contribution in [0.5, 0.6) is 0 Å². The summed E-state index contributed by atoms with van der Waals surface area (Å²) in [5.74, 6) is 1.63. The highest BCUT2D eigenvalue weighted by atomic mass is 32.2. The molecule has 3 aromatic rings. The first-order chi connectivity index (χ1) is 14.2. The Kier molecular flexibility index (Phi) is 5.23. The van der Waals surface area contributed by atoms with Gasteiger partial charge in [0.2, 0.25) is 10.0 Å². The van der Waals surface area contributed by atoms with Crippen LogP contribution in [0.25, 0.3) is 10.9 Å². The number of pyridine rings is 1. The lowest BCUT2D eigenvalue weighted by Crippen LogP contribution is -2.49. The van der Waals surface area contributed by atoms with Gasteiger partial charge in [0.1, 0.15) is 16.5 Å². The zero-order valence-corrected chi connectivity index (χ0v) is 18.6. The number of piperazine rings is 1. The Morgan fingerprint density at radius 1 is 1.00 bits per heavy atom. The van der Waals surface area contributed by atoms with Gasteiger partial charge in [0, 0.05) is 49.4 Å². The van der Waals surface area contributed by atoms with E-state index in [1.165, 1.54) is 0 Å². The summed E-state index contributed by atoms with van der Waals surface area (Å²) in [5.41, 5.74) is 1.39. The molecule has 30 heavy (non-hydrogen) atoms. The summed E-state index contributed by atoms with van der Waals surface area (Å²) in [6.07, 6.45) is 3.48. The Labute approximate surface area is 177 Å². The van der Waals surface area contributed by atoms with Crippen LogP contribution < -0.4 is 4.90 Å². The molecule has 0 radical (unpaired) electrons. The molecule has 0 atom stereocenters. The van der Waals surface area contributed by atoms with Gasteiger partial charge in [-0.15, -0.1) is 0 Å². The molecule has 8 heteroatoms. The Bertz CT molecular complexity index is 1180. The normalized spacial score (nSPS) is 16.2. The minimum atomic E-state index is -3.63. The number of rotatable bonds is 3. The average molecular weight is 426 g/mol. The molecule has 1 aliphatic heterocycles. The van der Waals surface area contributed by atoms with Gasteiger partial charge in [0.25, 0.3) is 0 Å². The van der Waals surface area contributed by atoms with Gasteiger partial charge in [-0.2, -0.15) is 4.31 Å². The molecular formula is C22H27N5O2S. The van der Waals surface area contributed by atoms with Crippen molar-refractivity contribution >= 4 is 26.7 Å². The van der Waals surface area contributed by atoms with Crippen molar-refractivity contribution in [2.45, 2.75) is 38.0 Å². The van der Waals surface area contributed by atoms with Crippen LogP contribution in [0, 0.1) is 6.92 Å². The molecule has 3 heterocycles. The first-order valence-corrected chi connectivity index (χ1v) is 11.5. The molecule has 0 saturated carbocycles. The lowest BCUT2D eigenvalue weighted by Gasteiger charge is -2.35. The van der Waals surface area contributed by atoms with Crippen molar-refractivity contribution in [3.8, 4) is 0 Å². The maximum Gasteiger partial charge on any atom is 0.245 e. The maximum absolute atomic E-state index is 13.4. The summed E-state index contributed by atoms with van der Waals surface area (Å²) in [4.78, 5) is 15.9. The average Bonchev–Trinajstić information content (AvgIpc) is 2.72. The van der Waals surface area contributed by atoms with Crippen LogP contribution in [-0.4, -0.2) is 53.9 Å². The number of hydrogen-bond donors (Lipinski definition) is 0. The number of aromatic nitrogens is 3. The summed E-state index contributed by atoms with van der Waals surface area (Å²) in [6.45, 7) is 10.2. The smallest absolute Gasteiger partial charge is 0.245 e. The largest absolute Gasteiger partial charge is 0.354 e. The fourth-order valence-corrected chi connectivity index (χ4v) is 5.22. The number of para-hydroxylation sites is 1. The first-order valence-electron chi connectivity index (χ1n) is 10.1. The predicted molar refractivity (Wildman–Crippen MR) is 118 cm³/mol. The molecule has 0 aliphatic carbocycles. The summed E-state index contributed by atoms with van der Waals surface area (Å²) < 4.78 is 28.3. The van der Waals surface area contributed by atoms with Gasteiger partial charge in [-0.05, 0) is 30.7 Å². The maximum atomic E-state index is 13.4. The van der Waals surface area contributed by atoms with E-state index in [1.807, 2.05) is 25.1 Å². The SMILES string of the molecule is Cc1cnc2c(S(=O)(=O)N3CCN(c4ccnc(C(C)(C)C)n4)CC3)cccc2c1. The standard InChI is InChI=1S/C22H27N5O2S/c1-16-14-17-6-5-7-18(20(17)24-15-16)30(28,29)27-12-10-26(11-13-27)19-8-9-23-21(25-19)22(2,3)4/h5-9,14-15H,10-13H2,1-4H3. The molecule has 0 N–H and O–H groups in total. The topological polar surface area (TPSA) is 79.3 Å². The van der Waals surface area contributed by atoms with Crippen LogP contribution in [0.3, 0.4) is 0 Å². The quantitative estimate of drug-likeness (QED) is 0.641. The minimum Gasteiger partial charge on any atom is -0.354 e. The van der Waals surface area contributed by atoms with Crippen molar-refractivity contribution in [3.63, 3.8) is 0 Å². The van der Waals surface area contributed by atoms with E-state index in [2.05, 4.69) is 35.6 Å². The second-order valence-electron chi connectivity index (χ2n) is 8.72. The Balaban J connectivity index is 1.56. The number of anilines is 1. The molecule has 2 aromatic heterocycles. The second kappa shape index (κ2) is 7.59. The van der Waals surface area contributed by atoms with E-state index < -0.39 is 10.0 Å². The van der Waals surface area contributed by atoms with Gasteiger partial charge in [0.05, 0.1) is 5.52 Å². The number of benzene rings is 1. The highest BCUT2D eigenvalue weighted by molar-refractivity contribution is 7.89. The molecular weight excluding hydrogens is 398 g/mol. The Morgan fingerprint density at radius 2 is 1.73 bits per heavy atom. The molecule has 158 valence electrons. The predicted octanol–water partition coefficient (Wildman–Crippen LogP) is 3.14. The zero-order valence-electron chi connectivity index (χ0n) is 17.8. The number of hydrogen-bond acceptors (Lipinski definition) is 6. The highest BCUT2D eigenvalue weighted by Crippen LogP contribution is 2.27. The van der Waals surface area contributed by atoms with E-state index in [9.17, 15) is 8.42 Å². The molecule has 1 fully saturated rings. The van der Waals surface area contributed by atoms with E-state index >= 15 is 0 Å². The van der Waals surface area contributed by atoms with Gasteiger partial charge in [-0.25, -0.2) is 18.4 Å². The molecule has 1 aromatic carbocycles. The number of nitrogens with zero attached hydrogens (tertiary/aromatic N) is 5. The first kappa shape index (κ1) is 20.7. The monoisotopic (exact) mass is 425 g/mol. The Morgan fingerprint density at radius 3 is 2.43 bits per heavy atom. The molecule has 0 spiro atoms. The lowest BCUT2D eigenvalue weighted by molar-refractivity contribution is 0.383. The molecule has 4 rings (SSSR count). The zero-order chi connectivity index (χ0) is 21.5. The summed E-state index contributed by atoms with van der Waals surface area (Å²) in [7, 11) is -3.63. The third-order valence-corrected chi connectivity index (χ3v) is 7.23. The van der Waals surface area contributed by atoms with Gasteiger partial charge < -0.3 is 4.90 Å². The molecule has 0 unspecified atom stereocenters. The van der Waals surface area contributed by atoms with Crippen LogP contribution in [0.2, 0.25) is 0 Å². The van der Waals surface area contributed by atoms with Crippen LogP contribution in [0.15, 0.2) is 47.6 Å². The van der Waals surface area contributed by atoms with Gasteiger partial charge >= 0.3 is 0 Å². The summed E-state index contributed by atoms with van der Waals surface area (Å²) >= 11 is 0. The third-order valence-electron chi connectivity index (χ3n) is 5.30. The molecule has 1 saturated heterocycles. The fourth-order valence-electron chi connectivity index (χ4n) is 3.63. The van der Waals surface area contributed by atoms with Crippen LogP contribution in [0.4, 0.5) is 5.82 Å². The van der Waals surface area contributed by atoms with Crippen LogP contribution in [0.1, 0.15) is 32.2 Å². The minimum absolute atomic E-state index is 0.138. The Hall–Kier alpha value is -2.58. The molecule has 0 bridgehead atoms. The molecule has 1 aliphatic rings. The molecule has 0 amide bonds. The molecule has 7 nitrogen and oxygen atoms in total. The van der Waals surface area contributed by atoms with E-state index in [1.54, 1.807) is 28.8 Å².